The van der Waals surface area contributed by atoms with Crippen molar-refractivity contribution >= 4 is 8.32 Å². The molecule has 0 heterocycles. The van der Waals surface area contributed by atoms with Crippen LogP contribution in [0, 0.1) is 0 Å². The zero-order valence-corrected chi connectivity index (χ0v) is 9.05. The molecule has 1 atom stereocenters. The fourth-order valence-corrected chi connectivity index (χ4v) is 2.34. The van der Waals surface area contributed by atoms with Gasteiger partial charge in [0.05, 0.1) is 5.73 Å². The van der Waals surface area contributed by atoms with Gasteiger partial charge in [-0.2, -0.15) is 0 Å². The van der Waals surface area contributed by atoms with Gasteiger partial charge in [-0.25, -0.2) is 0 Å². The third-order valence-electron chi connectivity index (χ3n) is 1.83. The third-order valence-corrected chi connectivity index (χ3v) is 4.68. The van der Waals surface area contributed by atoms with E-state index < -0.39 is 8.32 Å². The van der Waals surface area contributed by atoms with Gasteiger partial charge in [-0.15, -0.1) is 0 Å². The molecule has 0 aliphatic heterocycles. The van der Waals surface area contributed by atoms with Crippen molar-refractivity contribution in [2.45, 2.75) is 25.7 Å². The number of methoxy groups -OCH3 is 1. The Morgan fingerprint density at radius 1 is 1.27 bits per heavy atom. The number of hydrogen-bond donors (Lipinski definition) is 0. The smallest absolute Gasteiger partial charge is 0.218 e. The van der Waals surface area contributed by atoms with Crippen LogP contribution in [0.3, 0.4) is 0 Å². The SMILES string of the molecule is C/C=C/C(OC)[Si](C)(C)OC. The monoisotopic (exact) mass is 174 g/mol. The molecule has 0 amide bonds. The van der Waals surface area contributed by atoms with Gasteiger partial charge in [0.1, 0.15) is 0 Å². The van der Waals surface area contributed by atoms with Crippen molar-refractivity contribution in [2.24, 2.45) is 0 Å². The zero-order valence-electron chi connectivity index (χ0n) is 8.05. The van der Waals surface area contributed by atoms with Crippen LogP contribution < -0.4 is 0 Å². The molecule has 0 radical (unpaired) electrons. The van der Waals surface area contributed by atoms with E-state index >= 15 is 0 Å². The Labute approximate surface area is 70.3 Å². The number of allylic oxidation sites excluding steroid dienone is 1. The van der Waals surface area contributed by atoms with Crippen molar-refractivity contribution < 1.29 is 9.16 Å². The standard InChI is InChI=1S/C8H18O2Si/c1-6-7-8(9-2)11(4,5)10-3/h6-8H,1-5H3/b7-6+. The van der Waals surface area contributed by atoms with E-state index in [0.717, 1.165) is 0 Å². The fourth-order valence-electron chi connectivity index (χ4n) is 0.885. The molecule has 3 heteroatoms. The lowest BCUT2D eigenvalue weighted by Crippen LogP contribution is -2.43. The van der Waals surface area contributed by atoms with E-state index in [2.05, 4.69) is 19.2 Å². The number of rotatable bonds is 4. The van der Waals surface area contributed by atoms with Crippen molar-refractivity contribution in [3.8, 4) is 0 Å². The van der Waals surface area contributed by atoms with E-state index in [1.165, 1.54) is 0 Å². The van der Waals surface area contributed by atoms with E-state index in [1.807, 2.05) is 13.0 Å². The van der Waals surface area contributed by atoms with Crippen LogP contribution in [0.5, 0.6) is 0 Å². The molecular formula is C8H18O2Si. The zero-order chi connectivity index (χ0) is 8.91. The van der Waals surface area contributed by atoms with Gasteiger partial charge in [-0.05, 0) is 20.0 Å². The highest BCUT2D eigenvalue weighted by atomic mass is 28.4. The lowest BCUT2D eigenvalue weighted by molar-refractivity contribution is 0.172. The summed E-state index contributed by atoms with van der Waals surface area (Å²) in [5, 5.41) is 0. The average molecular weight is 174 g/mol. The first kappa shape index (κ1) is 10.9. The number of hydrogen-bond acceptors (Lipinski definition) is 2. The van der Waals surface area contributed by atoms with Crippen LogP contribution in [0.15, 0.2) is 12.2 Å². The lowest BCUT2D eigenvalue weighted by Gasteiger charge is -2.26. The van der Waals surface area contributed by atoms with Gasteiger partial charge in [-0.3, -0.25) is 0 Å². The molecule has 0 saturated heterocycles. The Hall–Kier alpha value is -0.123. The van der Waals surface area contributed by atoms with Gasteiger partial charge < -0.3 is 9.16 Å². The molecule has 0 N–H and O–H groups in total. The Bertz CT molecular complexity index is 132. The summed E-state index contributed by atoms with van der Waals surface area (Å²) >= 11 is 0. The van der Waals surface area contributed by atoms with Gasteiger partial charge in [0.25, 0.3) is 0 Å². The first-order valence-electron chi connectivity index (χ1n) is 3.79. The highest BCUT2D eigenvalue weighted by Crippen LogP contribution is 2.12. The molecule has 66 valence electrons. The third kappa shape index (κ3) is 3.18. The van der Waals surface area contributed by atoms with Gasteiger partial charge in [-0.1, -0.05) is 12.2 Å². The van der Waals surface area contributed by atoms with Gasteiger partial charge in [0, 0.05) is 14.2 Å². The molecule has 0 spiro atoms. The van der Waals surface area contributed by atoms with Crippen LogP contribution in [0.2, 0.25) is 13.1 Å². The highest BCUT2D eigenvalue weighted by Gasteiger charge is 2.30. The molecule has 0 aliphatic rings. The van der Waals surface area contributed by atoms with Gasteiger partial charge in [0.2, 0.25) is 8.32 Å². The minimum absolute atomic E-state index is 0.164. The van der Waals surface area contributed by atoms with E-state index in [0.29, 0.717) is 0 Å². The molecule has 0 aromatic heterocycles. The van der Waals surface area contributed by atoms with E-state index in [4.69, 9.17) is 9.16 Å². The average Bonchev–Trinajstić information content (AvgIpc) is 2.00. The van der Waals surface area contributed by atoms with Crippen LogP contribution in [0.1, 0.15) is 6.92 Å². The van der Waals surface area contributed by atoms with Crippen molar-refractivity contribution in [1.29, 1.82) is 0 Å². The second-order valence-corrected chi connectivity index (χ2v) is 7.17. The van der Waals surface area contributed by atoms with Crippen LogP contribution >= 0.6 is 0 Å². The summed E-state index contributed by atoms with van der Waals surface area (Å²) < 4.78 is 10.7. The Morgan fingerprint density at radius 3 is 2.09 bits per heavy atom. The number of ether oxygens (including phenoxy) is 1. The molecule has 1 unspecified atom stereocenters. The summed E-state index contributed by atoms with van der Waals surface area (Å²) in [6.45, 7) is 6.27. The summed E-state index contributed by atoms with van der Waals surface area (Å²) in [5.74, 6) is 0. The molecule has 0 fully saturated rings. The maximum absolute atomic E-state index is 5.41. The Balaban J connectivity index is 4.23. The molecule has 0 aromatic carbocycles. The maximum Gasteiger partial charge on any atom is 0.218 e. The Kier molecular flexibility index (Phi) is 4.64. The lowest BCUT2D eigenvalue weighted by atomic mass is 10.5. The molecule has 0 aromatic rings. The van der Waals surface area contributed by atoms with Gasteiger partial charge >= 0.3 is 0 Å². The summed E-state index contributed by atoms with van der Waals surface area (Å²) in [5.41, 5.74) is 0.164. The van der Waals surface area contributed by atoms with E-state index in [-0.39, 0.29) is 5.73 Å². The molecule has 0 bridgehead atoms. The summed E-state index contributed by atoms with van der Waals surface area (Å²) in [7, 11) is 1.84. The van der Waals surface area contributed by atoms with Crippen molar-refractivity contribution in [2.75, 3.05) is 14.2 Å². The quantitative estimate of drug-likeness (QED) is 0.479. The molecule has 0 saturated carbocycles. The molecule has 2 nitrogen and oxygen atoms in total. The highest BCUT2D eigenvalue weighted by molar-refractivity contribution is 6.72. The second kappa shape index (κ2) is 4.69. The molecular weight excluding hydrogens is 156 g/mol. The minimum atomic E-state index is -1.64. The van der Waals surface area contributed by atoms with Crippen LogP contribution in [-0.4, -0.2) is 28.3 Å². The predicted octanol–water partition coefficient (Wildman–Crippen LogP) is 1.97. The molecule has 11 heavy (non-hydrogen) atoms. The first-order valence-corrected chi connectivity index (χ1v) is 6.77. The fraction of sp³-hybridized carbons (Fsp3) is 0.750. The topological polar surface area (TPSA) is 18.5 Å². The van der Waals surface area contributed by atoms with Crippen LogP contribution in [0.25, 0.3) is 0 Å². The van der Waals surface area contributed by atoms with Crippen LogP contribution in [-0.2, 0) is 9.16 Å². The predicted molar refractivity (Wildman–Crippen MR) is 50.1 cm³/mol. The summed E-state index contributed by atoms with van der Waals surface area (Å²) in [6.07, 6.45) is 4.05. The van der Waals surface area contributed by atoms with Crippen LogP contribution in [0.4, 0.5) is 0 Å². The Morgan fingerprint density at radius 2 is 1.82 bits per heavy atom. The summed E-state index contributed by atoms with van der Waals surface area (Å²) in [6, 6.07) is 0. The summed E-state index contributed by atoms with van der Waals surface area (Å²) in [4.78, 5) is 0. The van der Waals surface area contributed by atoms with Gasteiger partial charge in [0.15, 0.2) is 0 Å². The van der Waals surface area contributed by atoms with E-state index in [9.17, 15) is 0 Å². The molecule has 0 rings (SSSR count). The van der Waals surface area contributed by atoms with Crippen molar-refractivity contribution in [3.05, 3.63) is 12.2 Å². The van der Waals surface area contributed by atoms with Crippen molar-refractivity contribution in [1.82, 2.24) is 0 Å². The van der Waals surface area contributed by atoms with Crippen molar-refractivity contribution in [3.63, 3.8) is 0 Å². The minimum Gasteiger partial charge on any atom is -0.418 e. The maximum atomic E-state index is 5.41. The first-order chi connectivity index (χ1) is 5.08. The largest absolute Gasteiger partial charge is 0.418 e. The normalized spacial score (nSPS) is 15.7. The molecule has 0 aliphatic carbocycles. The second-order valence-electron chi connectivity index (χ2n) is 2.99. The van der Waals surface area contributed by atoms with E-state index in [1.54, 1.807) is 14.2 Å².